The molecule has 18 heavy (non-hydrogen) atoms. The molecule has 0 unspecified atom stereocenters. The van der Waals surface area contributed by atoms with E-state index in [1.165, 1.54) is 0 Å². The Bertz CT molecular complexity index is 442. The Morgan fingerprint density at radius 1 is 1.44 bits per heavy atom. The van der Waals surface area contributed by atoms with E-state index in [1.807, 2.05) is 18.2 Å². The van der Waals surface area contributed by atoms with Crippen LogP contribution in [0.3, 0.4) is 0 Å². The van der Waals surface area contributed by atoms with Crippen molar-refractivity contribution in [3.8, 4) is 0 Å². The van der Waals surface area contributed by atoms with Crippen molar-refractivity contribution in [2.45, 2.75) is 18.9 Å². The number of nitrogens with one attached hydrogen (secondary N) is 1. The Hall–Kier alpha value is -0.650. The second kappa shape index (κ2) is 5.99. The Labute approximate surface area is 122 Å². The van der Waals surface area contributed by atoms with Crippen molar-refractivity contribution in [3.05, 3.63) is 28.2 Å². The molecule has 5 heteroatoms. The molecule has 98 valence electrons. The van der Waals surface area contributed by atoms with E-state index in [2.05, 4.69) is 33.2 Å². The summed E-state index contributed by atoms with van der Waals surface area (Å²) < 4.78 is 0.999. The lowest BCUT2D eigenvalue weighted by atomic mass is 10.0. The lowest BCUT2D eigenvalue weighted by Crippen LogP contribution is -2.37. The molecule has 0 bridgehead atoms. The number of hydrogen-bond donors (Lipinski definition) is 2. The molecule has 0 atom stereocenters. The highest BCUT2D eigenvalue weighted by Gasteiger charge is 2.17. The van der Waals surface area contributed by atoms with Crippen LogP contribution in [0.2, 0.25) is 0 Å². The molecule has 0 aliphatic carbocycles. The molecule has 1 aliphatic heterocycles. The fourth-order valence-electron chi connectivity index (χ4n) is 2.22. The molecule has 1 aromatic carbocycles. The molecule has 3 N–H and O–H groups in total. The van der Waals surface area contributed by atoms with Crippen molar-refractivity contribution in [1.82, 2.24) is 4.90 Å². The van der Waals surface area contributed by atoms with Gasteiger partial charge in [0.1, 0.15) is 4.99 Å². The maximum atomic E-state index is 5.77. The van der Waals surface area contributed by atoms with Gasteiger partial charge >= 0.3 is 0 Å². The quantitative estimate of drug-likeness (QED) is 0.837. The van der Waals surface area contributed by atoms with E-state index < -0.39 is 0 Å². The average Bonchev–Trinajstić information content (AvgIpc) is 2.34. The topological polar surface area (TPSA) is 41.3 Å². The number of hydrogen-bond acceptors (Lipinski definition) is 3. The SMILES string of the molecule is CN1CCC(Nc2ccc(Br)cc2C(N)=S)CC1. The zero-order valence-electron chi connectivity index (χ0n) is 10.4. The Balaban J connectivity index is 2.11. The molecule has 0 amide bonds. The lowest BCUT2D eigenvalue weighted by molar-refractivity contribution is 0.264. The summed E-state index contributed by atoms with van der Waals surface area (Å²) in [5, 5.41) is 3.56. The highest BCUT2D eigenvalue weighted by molar-refractivity contribution is 9.10. The third kappa shape index (κ3) is 3.43. The number of piperidine rings is 1. The van der Waals surface area contributed by atoms with E-state index >= 15 is 0 Å². The van der Waals surface area contributed by atoms with Gasteiger partial charge in [-0.25, -0.2) is 0 Å². The molecule has 0 radical (unpaired) electrons. The highest BCUT2D eigenvalue weighted by Crippen LogP contribution is 2.23. The highest BCUT2D eigenvalue weighted by atomic mass is 79.9. The summed E-state index contributed by atoms with van der Waals surface area (Å²) >= 11 is 8.55. The first-order valence-electron chi connectivity index (χ1n) is 6.10. The molecular weight excluding hydrogens is 310 g/mol. The van der Waals surface area contributed by atoms with Gasteiger partial charge in [0, 0.05) is 21.8 Å². The monoisotopic (exact) mass is 327 g/mol. The number of likely N-dealkylation sites (tertiary alicyclic amines) is 1. The van der Waals surface area contributed by atoms with Crippen LogP contribution in [0.1, 0.15) is 18.4 Å². The molecule has 2 rings (SSSR count). The molecule has 1 fully saturated rings. The summed E-state index contributed by atoms with van der Waals surface area (Å²) in [5.74, 6) is 0. The number of anilines is 1. The van der Waals surface area contributed by atoms with Gasteiger partial charge in [-0.1, -0.05) is 28.1 Å². The number of halogens is 1. The van der Waals surface area contributed by atoms with Gasteiger partial charge in [0.15, 0.2) is 0 Å². The maximum Gasteiger partial charge on any atom is 0.106 e. The summed E-state index contributed by atoms with van der Waals surface area (Å²) in [6.07, 6.45) is 2.31. The molecule has 1 heterocycles. The molecule has 0 spiro atoms. The Morgan fingerprint density at radius 2 is 2.11 bits per heavy atom. The molecule has 1 aliphatic rings. The maximum absolute atomic E-state index is 5.77. The second-order valence-electron chi connectivity index (χ2n) is 4.78. The van der Waals surface area contributed by atoms with Crippen LogP contribution in [0, 0.1) is 0 Å². The molecule has 0 aromatic heterocycles. The van der Waals surface area contributed by atoms with E-state index in [1.54, 1.807) is 0 Å². The molecule has 1 aromatic rings. The third-order valence-electron chi connectivity index (χ3n) is 3.33. The van der Waals surface area contributed by atoms with Gasteiger partial charge in [-0.2, -0.15) is 0 Å². The Morgan fingerprint density at radius 3 is 2.72 bits per heavy atom. The van der Waals surface area contributed by atoms with Crippen LogP contribution in [0.4, 0.5) is 5.69 Å². The summed E-state index contributed by atoms with van der Waals surface area (Å²) in [6.45, 7) is 2.27. The van der Waals surface area contributed by atoms with E-state index in [9.17, 15) is 0 Å². The minimum absolute atomic E-state index is 0.437. The van der Waals surface area contributed by atoms with Crippen molar-refractivity contribution >= 4 is 38.8 Å². The van der Waals surface area contributed by atoms with Crippen LogP contribution in [0.5, 0.6) is 0 Å². The third-order valence-corrected chi connectivity index (χ3v) is 4.04. The number of nitrogens with two attached hydrogens (primary N) is 1. The number of rotatable bonds is 3. The van der Waals surface area contributed by atoms with E-state index in [4.69, 9.17) is 18.0 Å². The van der Waals surface area contributed by atoms with Crippen LogP contribution in [-0.2, 0) is 0 Å². The zero-order valence-corrected chi connectivity index (χ0v) is 12.9. The molecule has 1 saturated heterocycles. The zero-order chi connectivity index (χ0) is 13.1. The number of benzene rings is 1. The molecule has 3 nitrogen and oxygen atoms in total. The first-order chi connectivity index (χ1) is 8.56. The van der Waals surface area contributed by atoms with Crippen molar-refractivity contribution in [3.63, 3.8) is 0 Å². The number of nitrogens with zero attached hydrogens (tertiary/aromatic N) is 1. The van der Waals surface area contributed by atoms with Crippen molar-refractivity contribution in [2.75, 3.05) is 25.5 Å². The largest absolute Gasteiger partial charge is 0.389 e. The van der Waals surface area contributed by atoms with Gasteiger partial charge in [-0.15, -0.1) is 0 Å². The second-order valence-corrected chi connectivity index (χ2v) is 6.13. The standard InChI is InChI=1S/C13H18BrN3S/c1-17-6-4-10(5-7-17)16-12-3-2-9(14)8-11(12)13(15)18/h2-3,8,10,16H,4-7H2,1H3,(H2,15,18). The fourth-order valence-corrected chi connectivity index (χ4v) is 2.75. The van der Waals surface area contributed by atoms with Crippen LogP contribution in [0.25, 0.3) is 0 Å². The van der Waals surface area contributed by atoms with Crippen LogP contribution < -0.4 is 11.1 Å². The Kier molecular flexibility index (Phi) is 4.59. The fraction of sp³-hybridized carbons (Fsp3) is 0.462. The van der Waals surface area contributed by atoms with Crippen molar-refractivity contribution < 1.29 is 0 Å². The van der Waals surface area contributed by atoms with Gasteiger partial charge in [-0.3, -0.25) is 0 Å². The molecular formula is C13H18BrN3S. The number of thiocarbonyl (C=S) groups is 1. The summed E-state index contributed by atoms with van der Waals surface area (Å²) in [4.78, 5) is 2.79. The van der Waals surface area contributed by atoms with E-state index in [0.717, 1.165) is 41.7 Å². The van der Waals surface area contributed by atoms with Crippen LogP contribution in [-0.4, -0.2) is 36.1 Å². The first-order valence-corrected chi connectivity index (χ1v) is 7.31. The van der Waals surface area contributed by atoms with Crippen molar-refractivity contribution in [2.24, 2.45) is 5.73 Å². The van der Waals surface area contributed by atoms with Gasteiger partial charge in [0.05, 0.1) is 0 Å². The van der Waals surface area contributed by atoms with Gasteiger partial charge in [0.25, 0.3) is 0 Å². The van der Waals surface area contributed by atoms with Gasteiger partial charge < -0.3 is 16.0 Å². The van der Waals surface area contributed by atoms with Crippen molar-refractivity contribution in [1.29, 1.82) is 0 Å². The summed E-state index contributed by atoms with van der Waals surface area (Å²) in [7, 11) is 2.16. The van der Waals surface area contributed by atoms with Crippen LogP contribution in [0.15, 0.2) is 22.7 Å². The minimum atomic E-state index is 0.437. The van der Waals surface area contributed by atoms with E-state index in [-0.39, 0.29) is 0 Å². The lowest BCUT2D eigenvalue weighted by Gasteiger charge is -2.30. The predicted octanol–water partition coefficient (Wildman–Crippen LogP) is 2.59. The normalized spacial score (nSPS) is 17.7. The average molecular weight is 328 g/mol. The predicted molar refractivity (Wildman–Crippen MR) is 84.2 cm³/mol. The van der Waals surface area contributed by atoms with Crippen LogP contribution >= 0.6 is 28.1 Å². The van der Waals surface area contributed by atoms with Gasteiger partial charge in [-0.05, 0) is 51.2 Å². The smallest absolute Gasteiger partial charge is 0.106 e. The molecule has 0 saturated carbocycles. The summed E-state index contributed by atoms with van der Waals surface area (Å²) in [5.41, 5.74) is 7.73. The summed E-state index contributed by atoms with van der Waals surface area (Å²) in [6, 6.07) is 6.53. The van der Waals surface area contributed by atoms with E-state index in [0.29, 0.717) is 11.0 Å². The minimum Gasteiger partial charge on any atom is -0.389 e. The first kappa shape index (κ1) is 13.8. The van der Waals surface area contributed by atoms with Gasteiger partial charge in [0.2, 0.25) is 0 Å².